The number of nitrogens with zero attached hydrogens (tertiary/aromatic N) is 1. The van der Waals surface area contributed by atoms with E-state index in [2.05, 4.69) is 43.0 Å². The van der Waals surface area contributed by atoms with E-state index < -0.39 is 0 Å². The number of alkyl halides is 1. The number of hydrogen-bond acceptors (Lipinski definition) is 2. The molecule has 2 aliphatic rings. The van der Waals surface area contributed by atoms with Crippen molar-refractivity contribution in [2.75, 3.05) is 11.4 Å². The van der Waals surface area contributed by atoms with Crippen LogP contribution in [0.1, 0.15) is 96.1 Å². The van der Waals surface area contributed by atoms with Crippen LogP contribution in [0.2, 0.25) is 0 Å². The Bertz CT molecular complexity index is 585. The summed E-state index contributed by atoms with van der Waals surface area (Å²) in [5, 5.41) is 11.4. The van der Waals surface area contributed by atoms with Crippen LogP contribution in [-0.4, -0.2) is 23.1 Å². The molecule has 3 unspecified atom stereocenters. The zero-order valence-electron chi connectivity index (χ0n) is 17.3. The molecule has 1 saturated heterocycles. The highest BCUT2D eigenvalue weighted by atomic mass is 35.5. The Kier molecular flexibility index (Phi) is 7.50. The summed E-state index contributed by atoms with van der Waals surface area (Å²) in [7, 11) is 0. The zero-order valence-corrected chi connectivity index (χ0v) is 18.1. The lowest BCUT2D eigenvalue weighted by Gasteiger charge is -2.46. The number of unbranched alkanes of at least 4 members (excludes halogenated alkanes) is 3. The first kappa shape index (κ1) is 21.0. The highest BCUT2D eigenvalue weighted by molar-refractivity contribution is 6.21. The van der Waals surface area contributed by atoms with Gasteiger partial charge in [-0.15, -0.1) is 11.6 Å². The summed E-state index contributed by atoms with van der Waals surface area (Å²) >= 11 is 6.69. The van der Waals surface area contributed by atoms with E-state index in [4.69, 9.17) is 11.6 Å². The van der Waals surface area contributed by atoms with Crippen molar-refractivity contribution in [2.45, 2.75) is 102 Å². The molecule has 1 aromatic rings. The van der Waals surface area contributed by atoms with Gasteiger partial charge >= 0.3 is 0 Å². The molecule has 1 aromatic carbocycles. The van der Waals surface area contributed by atoms with Crippen LogP contribution < -0.4 is 4.90 Å². The third-order valence-electron chi connectivity index (χ3n) is 7.01. The number of rotatable bonds is 10. The van der Waals surface area contributed by atoms with Crippen molar-refractivity contribution in [3.63, 3.8) is 0 Å². The van der Waals surface area contributed by atoms with E-state index >= 15 is 0 Å². The van der Waals surface area contributed by atoms with Gasteiger partial charge in [-0.05, 0) is 49.8 Å². The molecule has 0 radical (unpaired) electrons. The van der Waals surface area contributed by atoms with Crippen LogP contribution in [0.25, 0.3) is 0 Å². The van der Waals surface area contributed by atoms with Crippen molar-refractivity contribution in [3.8, 4) is 0 Å². The lowest BCUT2D eigenvalue weighted by molar-refractivity contribution is -0.0440. The molecule has 1 heterocycles. The fourth-order valence-electron chi connectivity index (χ4n) is 5.27. The van der Waals surface area contributed by atoms with Crippen molar-refractivity contribution >= 4 is 17.3 Å². The van der Waals surface area contributed by atoms with Crippen LogP contribution in [-0.2, 0) is 0 Å². The molecule has 1 saturated carbocycles. The summed E-state index contributed by atoms with van der Waals surface area (Å²) in [6.45, 7) is 5.53. The third-order valence-corrected chi connectivity index (χ3v) is 7.52. The Balaban J connectivity index is 1.72. The molecule has 0 spiro atoms. The maximum absolute atomic E-state index is 11.2. The maximum Gasteiger partial charge on any atom is 0.0846 e. The van der Waals surface area contributed by atoms with Crippen molar-refractivity contribution in [2.24, 2.45) is 5.41 Å². The first-order chi connectivity index (χ1) is 13.1. The van der Waals surface area contributed by atoms with Gasteiger partial charge in [-0.2, -0.15) is 0 Å². The monoisotopic (exact) mass is 391 g/mol. The van der Waals surface area contributed by atoms with Gasteiger partial charge in [0.2, 0.25) is 0 Å². The van der Waals surface area contributed by atoms with Crippen LogP contribution in [0, 0.1) is 5.41 Å². The van der Waals surface area contributed by atoms with E-state index in [0.717, 1.165) is 31.4 Å². The number of aliphatic hydroxyl groups excluding tert-OH is 1. The largest absolute Gasteiger partial charge is 0.388 e. The van der Waals surface area contributed by atoms with Gasteiger partial charge in [-0.25, -0.2) is 0 Å². The molecule has 1 aliphatic heterocycles. The molecule has 0 aromatic heterocycles. The Hall–Kier alpha value is -0.730. The number of benzene rings is 1. The minimum absolute atomic E-state index is 0.118. The number of halogens is 1. The minimum atomic E-state index is -0.330. The van der Waals surface area contributed by atoms with Gasteiger partial charge in [0, 0.05) is 23.7 Å². The fraction of sp³-hybridized carbons (Fsp3) is 0.750. The molecule has 3 heteroatoms. The Labute approximate surface area is 171 Å². The van der Waals surface area contributed by atoms with E-state index in [1.807, 2.05) is 0 Å². The van der Waals surface area contributed by atoms with Crippen LogP contribution in [0.5, 0.6) is 0 Å². The molecule has 2 nitrogen and oxygen atoms in total. The van der Waals surface area contributed by atoms with Crippen LogP contribution in [0.15, 0.2) is 24.3 Å². The molecule has 152 valence electrons. The topological polar surface area (TPSA) is 23.5 Å². The molecule has 1 aliphatic carbocycles. The van der Waals surface area contributed by atoms with Gasteiger partial charge in [0.1, 0.15) is 0 Å². The predicted octanol–water partition coefficient (Wildman–Crippen LogP) is 6.85. The fourth-order valence-corrected chi connectivity index (χ4v) is 5.63. The lowest BCUT2D eigenvalue weighted by atomic mass is 9.61. The molecular weight excluding hydrogens is 354 g/mol. The molecule has 1 N–H and O–H groups in total. The zero-order chi connectivity index (χ0) is 19.3. The van der Waals surface area contributed by atoms with Crippen molar-refractivity contribution < 1.29 is 5.11 Å². The van der Waals surface area contributed by atoms with Crippen molar-refractivity contribution in [1.82, 2.24) is 0 Å². The predicted molar refractivity (Wildman–Crippen MR) is 117 cm³/mol. The second-order valence-corrected chi connectivity index (χ2v) is 9.44. The molecule has 3 atom stereocenters. The van der Waals surface area contributed by atoms with Gasteiger partial charge in [0.05, 0.1) is 11.5 Å². The standard InChI is InChI=1S/C24H38ClNO/c1-3-5-6-7-12-22-21(25)13-17-26(22)20-11-8-10-19(18-20)23(27)24(14-4-2)15-9-16-24/h8,10-11,18,21-23,27H,3-7,9,12-17H2,1-2H3. The Morgan fingerprint density at radius 3 is 2.67 bits per heavy atom. The smallest absolute Gasteiger partial charge is 0.0846 e. The van der Waals surface area contributed by atoms with Gasteiger partial charge in [-0.1, -0.05) is 64.5 Å². The van der Waals surface area contributed by atoms with E-state index in [9.17, 15) is 5.11 Å². The summed E-state index contributed by atoms with van der Waals surface area (Å²) in [4.78, 5) is 2.51. The average Bonchev–Trinajstić information content (AvgIpc) is 3.02. The summed E-state index contributed by atoms with van der Waals surface area (Å²) in [6, 6.07) is 9.13. The Morgan fingerprint density at radius 2 is 2.00 bits per heavy atom. The number of aliphatic hydroxyl groups is 1. The van der Waals surface area contributed by atoms with Gasteiger partial charge in [0.15, 0.2) is 0 Å². The molecule has 2 fully saturated rings. The van der Waals surface area contributed by atoms with Crippen LogP contribution in [0.4, 0.5) is 5.69 Å². The van der Waals surface area contributed by atoms with E-state index in [0.29, 0.717) is 6.04 Å². The summed E-state index contributed by atoms with van der Waals surface area (Å²) in [5.41, 5.74) is 2.47. The maximum atomic E-state index is 11.2. The Morgan fingerprint density at radius 1 is 1.19 bits per heavy atom. The average molecular weight is 392 g/mol. The summed E-state index contributed by atoms with van der Waals surface area (Å²) < 4.78 is 0. The summed E-state index contributed by atoms with van der Waals surface area (Å²) in [6.07, 6.45) is 13.0. The van der Waals surface area contributed by atoms with E-state index in [-0.39, 0.29) is 16.9 Å². The first-order valence-electron chi connectivity index (χ1n) is 11.3. The van der Waals surface area contributed by atoms with Gasteiger partial charge < -0.3 is 10.0 Å². The molecular formula is C24H38ClNO. The normalized spacial score (nSPS) is 25.4. The third kappa shape index (κ3) is 4.65. The highest BCUT2D eigenvalue weighted by Crippen LogP contribution is 2.53. The van der Waals surface area contributed by atoms with Crippen molar-refractivity contribution in [1.29, 1.82) is 0 Å². The van der Waals surface area contributed by atoms with Gasteiger partial charge in [0.25, 0.3) is 0 Å². The molecule has 0 amide bonds. The second-order valence-electron chi connectivity index (χ2n) is 8.88. The summed E-state index contributed by atoms with van der Waals surface area (Å²) in [5.74, 6) is 0. The van der Waals surface area contributed by atoms with Gasteiger partial charge in [-0.3, -0.25) is 0 Å². The minimum Gasteiger partial charge on any atom is -0.388 e. The first-order valence-corrected chi connectivity index (χ1v) is 11.7. The van der Waals surface area contributed by atoms with E-state index in [1.54, 1.807) is 0 Å². The second kappa shape index (κ2) is 9.65. The van der Waals surface area contributed by atoms with Crippen LogP contribution in [0.3, 0.4) is 0 Å². The quantitative estimate of drug-likeness (QED) is 0.348. The molecule has 27 heavy (non-hydrogen) atoms. The number of anilines is 1. The van der Waals surface area contributed by atoms with Crippen LogP contribution >= 0.6 is 11.6 Å². The lowest BCUT2D eigenvalue weighted by Crippen LogP contribution is -2.36. The number of hydrogen-bond donors (Lipinski definition) is 1. The molecule has 3 rings (SSSR count). The van der Waals surface area contributed by atoms with E-state index in [1.165, 1.54) is 57.1 Å². The van der Waals surface area contributed by atoms with Crippen molar-refractivity contribution in [3.05, 3.63) is 29.8 Å². The molecule has 0 bridgehead atoms. The SMILES string of the molecule is CCCCCCC1C(Cl)CCN1c1cccc(C(O)C2(CCC)CCC2)c1. The highest BCUT2D eigenvalue weighted by Gasteiger charge is 2.43.